The van der Waals surface area contributed by atoms with Crippen LogP contribution in [0.1, 0.15) is 37.7 Å². The standard InChI is InChI=1S/C16H25N3O2/c1-14-12-17-19(13-14)7-2-15(20)18-8-3-16(4-9-18)5-10-21-11-6-16/h12-13H,2-11H2,1H3. The van der Waals surface area contributed by atoms with Gasteiger partial charge in [-0.2, -0.15) is 5.10 Å². The molecule has 21 heavy (non-hydrogen) atoms. The predicted molar refractivity (Wildman–Crippen MR) is 79.9 cm³/mol. The molecule has 0 bridgehead atoms. The second-order valence-electron chi connectivity index (χ2n) is 6.52. The summed E-state index contributed by atoms with van der Waals surface area (Å²) in [5.74, 6) is 0.269. The van der Waals surface area contributed by atoms with Gasteiger partial charge in [0.15, 0.2) is 0 Å². The largest absolute Gasteiger partial charge is 0.381 e. The number of carbonyl (C=O) groups excluding carboxylic acids is 1. The third-order valence-corrected chi connectivity index (χ3v) is 5.05. The molecule has 1 aromatic rings. The molecule has 2 saturated heterocycles. The molecule has 0 N–H and O–H groups in total. The third-order valence-electron chi connectivity index (χ3n) is 5.05. The Hall–Kier alpha value is -1.36. The number of amides is 1. The molecule has 2 aliphatic rings. The first-order chi connectivity index (χ1) is 10.2. The first-order valence-electron chi connectivity index (χ1n) is 8.02. The molecule has 2 fully saturated rings. The van der Waals surface area contributed by atoms with Crippen molar-refractivity contribution in [3.8, 4) is 0 Å². The maximum Gasteiger partial charge on any atom is 0.224 e. The number of carbonyl (C=O) groups is 1. The second-order valence-corrected chi connectivity index (χ2v) is 6.52. The van der Waals surface area contributed by atoms with Gasteiger partial charge in [-0.1, -0.05) is 0 Å². The van der Waals surface area contributed by atoms with Crippen LogP contribution >= 0.6 is 0 Å². The Bertz CT molecular complexity index is 481. The molecule has 0 aromatic carbocycles. The number of hydrogen-bond donors (Lipinski definition) is 0. The Balaban J connectivity index is 1.46. The van der Waals surface area contributed by atoms with Crippen LogP contribution in [0.5, 0.6) is 0 Å². The number of aromatic nitrogens is 2. The number of rotatable bonds is 3. The maximum atomic E-state index is 12.3. The lowest BCUT2D eigenvalue weighted by atomic mass is 9.72. The van der Waals surface area contributed by atoms with Crippen LogP contribution in [0, 0.1) is 12.3 Å². The van der Waals surface area contributed by atoms with Gasteiger partial charge >= 0.3 is 0 Å². The molecule has 1 aromatic heterocycles. The Morgan fingerprint density at radius 2 is 2.00 bits per heavy atom. The normalized spacial score (nSPS) is 21.7. The number of likely N-dealkylation sites (tertiary alicyclic amines) is 1. The van der Waals surface area contributed by atoms with Gasteiger partial charge in [0.2, 0.25) is 5.91 Å². The molecule has 0 radical (unpaired) electrons. The molecule has 1 amide bonds. The molecule has 0 atom stereocenters. The van der Waals surface area contributed by atoms with Crippen molar-refractivity contribution in [3.05, 3.63) is 18.0 Å². The second kappa shape index (κ2) is 6.18. The van der Waals surface area contributed by atoms with Crippen LogP contribution in [-0.2, 0) is 16.1 Å². The highest BCUT2D eigenvalue weighted by atomic mass is 16.5. The summed E-state index contributed by atoms with van der Waals surface area (Å²) >= 11 is 0. The molecular formula is C16H25N3O2. The number of hydrogen-bond acceptors (Lipinski definition) is 3. The minimum Gasteiger partial charge on any atom is -0.381 e. The number of aryl methyl sites for hydroxylation is 2. The first kappa shape index (κ1) is 14.6. The van der Waals surface area contributed by atoms with Crippen LogP contribution in [0.4, 0.5) is 0 Å². The van der Waals surface area contributed by atoms with E-state index in [-0.39, 0.29) is 5.91 Å². The van der Waals surface area contributed by atoms with E-state index in [0.717, 1.165) is 44.7 Å². The van der Waals surface area contributed by atoms with Crippen LogP contribution in [0.15, 0.2) is 12.4 Å². The quantitative estimate of drug-likeness (QED) is 0.856. The number of piperidine rings is 1. The fraction of sp³-hybridized carbons (Fsp3) is 0.750. The Labute approximate surface area is 126 Å². The van der Waals surface area contributed by atoms with Gasteiger partial charge in [0.25, 0.3) is 0 Å². The summed E-state index contributed by atoms with van der Waals surface area (Å²) in [5, 5.41) is 4.23. The van der Waals surface area contributed by atoms with Crippen LogP contribution in [0.3, 0.4) is 0 Å². The Morgan fingerprint density at radius 1 is 1.29 bits per heavy atom. The zero-order chi connectivity index (χ0) is 14.7. The highest BCUT2D eigenvalue weighted by molar-refractivity contribution is 5.76. The third kappa shape index (κ3) is 3.46. The molecule has 3 rings (SSSR count). The van der Waals surface area contributed by atoms with Crippen molar-refractivity contribution < 1.29 is 9.53 Å². The minimum atomic E-state index is 0.269. The number of nitrogens with zero attached hydrogens (tertiary/aromatic N) is 3. The van der Waals surface area contributed by atoms with E-state index in [4.69, 9.17) is 4.74 Å². The summed E-state index contributed by atoms with van der Waals surface area (Å²) in [6.07, 6.45) is 8.99. The molecule has 1 spiro atoms. The SMILES string of the molecule is Cc1cnn(CCC(=O)N2CCC3(CCOCC3)CC2)c1. The van der Waals surface area contributed by atoms with E-state index >= 15 is 0 Å². The Morgan fingerprint density at radius 3 is 2.62 bits per heavy atom. The topological polar surface area (TPSA) is 47.4 Å². The van der Waals surface area contributed by atoms with E-state index in [9.17, 15) is 4.79 Å². The summed E-state index contributed by atoms with van der Waals surface area (Å²) in [5.41, 5.74) is 1.59. The van der Waals surface area contributed by atoms with E-state index in [0.29, 0.717) is 18.4 Å². The molecular weight excluding hydrogens is 266 g/mol. The van der Waals surface area contributed by atoms with Crippen LogP contribution < -0.4 is 0 Å². The molecule has 2 aliphatic heterocycles. The predicted octanol–water partition coefficient (Wildman–Crippen LogP) is 2.00. The van der Waals surface area contributed by atoms with Gasteiger partial charge in [-0.15, -0.1) is 0 Å². The summed E-state index contributed by atoms with van der Waals surface area (Å²) in [6, 6.07) is 0. The van der Waals surface area contributed by atoms with Gasteiger partial charge in [-0.05, 0) is 43.6 Å². The fourth-order valence-corrected chi connectivity index (χ4v) is 3.49. The number of ether oxygens (including phenoxy) is 1. The van der Waals surface area contributed by atoms with E-state index in [1.165, 1.54) is 12.8 Å². The molecule has 116 valence electrons. The molecule has 5 heteroatoms. The van der Waals surface area contributed by atoms with Gasteiger partial charge in [0.05, 0.1) is 6.20 Å². The van der Waals surface area contributed by atoms with Gasteiger partial charge in [-0.25, -0.2) is 0 Å². The van der Waals surface area contributed by atoms with Crippen molar-refractivity contribution in [1.29, 1.82) is 0 Å². The maximum absolute atomic E-state index is 12.3. The zero-order valence-corrected chi connectivity index (χ0v) is 12.9. The van der Waals surface area contributed by atoms with Crippen LogP contribution in [-0.4, -0.2) is 46.9 Å². The average molecular weight is 291 g/mol. The van der Waals surface area contributed by atoms with Gasteiger partial charge in [0, 0.05) is 45.5 Å². The van der Waals surface area contributed by atoms with E-state index in [1.807, 2.05) is 28.9 Å². The summed E-state index contributed by atoms with van der Waals surface area (Å²) < 4.78 is 7.33. The lowest BCUT2D eigenvalue weighted by molar-refractivity contribution is -0.135. The van der Waals surface area contributed by atoms with Gasteiger partial charge in [-0.3, -0.25) is 9.48 Å². The van der Waals surface area contributed by atoms with Crippen molar-refractivity contribution >= 4 is 5.91 Å². The zero-order valence-electron chi connectivity index (χ0n) is 12.9. The van der Waals surface area contributed by atoms with Crippen molar-refractivity contribution in [3.63, 3.8) is 0 Å². The van der Waals surface area contributed by atoms with Crippen LogP contribution in [0.25, 0.3) is 0 Å². The van der Waals surface area contributed by atoms with Crippen molar-refractivity contribution in [2.75, 3.05) is 26.3 Å². The molecule has 0 saturated carbocycles. The van der Waals surface area contributed by atoms with E-state index < -0.39 is 0 Å². The molecule has 0 unspecified atom stereocenters. The highest BCUT2D eigenvalue weighted by Crippen LogP contribution is 2.40. The fourth-order valence-electron chi connectivity index (χ4n) is 3.49. The molecule has 5 nitrogen and oxygen atoms in total. The summed E-state index contributed by atoms with van der Waals surface area (Å²) in [7, 11) is 0. The Kier molecular flexibility index (Phi) is 4.29. The van der Waals surface area contributed by atoms with E-state index in [1.54, 1.807) is 0 Å². The monoisotopic (exact) mass is 291 g/mol. The van der Waals surface area contributed by atoms with E-state index in [2.05, 4.69) is 5.10 Å². The molecule has 0 aliphatic carbocycles. The van der Waals surface area contributed by atoms with Gasteiger partial charge in [0.1, 0.15) is 0 Å². The summed E-state index contributed by atoms with van der Waals surface area (Å²) in [4.78, 5) is 14.3. The van der Waals surface area contributed by atoms with Crippen molar-refractivity contribution in [1.82, 2.24) is 14.7 Å². The molecule has 3 heterocycles. The average Bonchev–Trinajstić information content (AvgIpc) is 2.92. The van der Waals surface area contributed by atoms with Gasteiger partial charge < -0.3 is 9.64 Å². The van der Waals surface area contributed by atoms with Crippen molar-refractivity contribution in [2.45, 2.75) is 45.6 Å². The van der Waals surface area contributed by atoms with Crippen LogP contribution in [0.2, 0.25) is 0 Å². The summed E-state index contributed by atoms with van der Waals surface area (Å²) in [6.45, 7) is 6.32. The lowest BCUT2D eigenvalue weighted by Gasteiger charge is -2.44. The lowest BCUT2D eigenvalue weighted by Crippen LogP contribution is -2.45. The first-order valence-corrected chi connectivity index (χ1v) is 8.02. The smallest absolute Gasteiger partial charge is 0.224 e. The minimum absolute atomic E-state index is 0.269. The van der Waals surface area contributed by atoms with Crippen molar-refractivity contribution in [2.24, 2.45) is 5.41 Å². The highest BCUT2D eigenvalue weighted by Gasteiger charge is 2.36.